The number of rotatable bonds is 2. The lowest BCUT2D eigenvalue weighted by Crippen LogP contribution is -2.29. The van der Waals surface area contributed by atoms with Crippen LogP contribution in [0.15, 0.2) is 18.2 Å². The summed E-state index contributed by atoms with van der Waals surface area (Å²) in [6.07, 6.45) is 2.33. The maximum atomic E-state index is 6.34. The first-order chi connectivity index (χ1) is 7.68. The van der Waals surface area contributed by atoms with Crippen LogP contribution in [0, 0.1) is 19.8 Å². The zero-order valence-corrected chi connectivity index (χ0v) is 10.2. The van der Waals surface area contributed by atoms with E-state index < -0.39 is 0 Å². The molecule has 2 heteroatoms. The van der Waals surface area contributed by atoms with Gasteiger partial charge in [-0.1, -0.05) is 23.8 Å². The van der Waals surface area contributed by atoms with Crippen molar-refractivity contribution in [3.8, 4) is 0 Å². The molecule has 0 bridgehead atoms. The third-order valence-electron chi connectivity index (χ3n) is 3.49. The second-order valence-electron chi connectivity index (χ2n) is 4.86. The summed E-state index contributed by atoms with van der Waals surface area (Å²) in [6.45, 7) is 5.97. The van der Waals surface area contributed by atoms with Gasteiger partial charge in [-0.05, 0) is 37.8 Å². The minimum Gasteiger partial charge on any atom is -0.381 e. The number of benzene rings is 1. The monoisotopic (exact) mass is 219 g/mol. The van der Waals surface area contributed by atoms with Gasteiger partial charge >= 0.3 is 0 Å². The third-order valence-corrected chi connectivity index (χ3v) is 3.49. The van der Waals surface area contributed by atoms with Gasteiger partial charge < -0.3 is 10.5 Å². The highest BCUT2D eigenvalue weighted by Crippen LogP contribution is 2.28. The molecule has 16 heavy (non-hydrogen) atoms. The summed E-state index contributed by atoms with van der Waals surface area (Å²) in [5.74, 6) is 0.482. The molecule has 2 nitrogen and oxygen atoms in total. The van der Waals surface area contributed by atoms with E-state index in [4.69, 9.17) is 10.5 Å². The lowest BCUT2D eigenvalue weighted by atomic mass is 9.87. The van der Waals surface area contributed by atoms with E-state index in [9.17, 15) is 0 Å². The summed E-state index contributed by atoms with van der Waals surface area (Å²) in [5, 5.41) is 0. The number of hydrogen-bond acceptors (Lipinski definition) is 2. The Morgan fingerprint density at radius 2 is 2.19 bits per heavy atom. The van der Waals surface area contributed by atoms with Crippen molar-refractivity contribution in [2.75, 3.05) is 13.2 Å². The zero-order valence-electron chi connectivity index (χ0n) is 10.2. The summed E-state index contributed by atoms with van der Waals surface area (Å²) in [7, 11) is 0. The van der Waals surface area contributed by atoms with Crippen LogP contribution in [0.4, 0.5) is 0 Å². The lowest BCUT2D eigenvalue weighted by Gasteiger charge is -2.28. The largest absolute Gasteiger partial charge is 0.381 e. The van der Waals surface area contributed by atoms with Gasteiger partial charge in [0.25, 0.3) is 0 Å². The van der Waals surface area contributed by atoms with Crippen molar-refractivity contribution in [1.29, 1.82) is 0 Å². The number of hydrogen-bond donors (Lipinski definition) is 1. The molecule has 0 aromatic heterocycles. The van der Waals surface area contributed by atoms with Crippen LogP contribution in [0.1, 0.15) is 35.6 Å². The molecule has 88 valence electrons. The molecule has 2 rings (SSSR count). The highest BCUT2D eigenvalue weighted by atomic mass is 16.5. The van der Waals surface area contributed by atoms with Crippen LogP contribution < -0.4 is 5.73 Å². The van der Waals surface area contributed by atoms with Gasteiger partial charge in [0.15, 0.2) is 0 Å². The SMILES string of the molecule is Cc1ccc(C(N)C2CCCOC2)c(C)c1. The Balaban J connectivity index is 2.15. The Hall–Kier alpha value is -0.860. The van der Waals surface area contributed by atoms with Gasteiger partial charge in [-0.2, -0.15) is 0 Å². The third kappa shape index (κ3) is 2.45. The first kappa shape index (κ1) is 11.6. The van der Waals surface area contributed by atoms with Gasteiger partial charge in [-0.3, -0.25) is 0 Å². The standard InChI is InChI=1S/C14H21NO/c1-10-5-6-13(11(2)8-10)14(15)12-4-3-7-16-9-12/h5-6,8,12,14H,3-4,7,9,15H2,1-2H3. The maximum Gasteiger partial charge on any atom is 0.0512 e. The number of nitrogens with two attached hydrogens (primary N) is 1. The molecule has 0 amide bonds. The fraction of sp³-hybridized carbons (Fsp3) is 0.571. The smallest absolute Gasteiger partial charge is 0.0512 e. The zero-order chi connectivity index (χ0) is 11.5. The summed E-state index contributed by atoms with van der Waals surface area (Å²) >= 11 is 0. The molecule has 1 aliphatic heterocycles. The van der Waals surface area contributed by atoms with E-state index in [0.717, 1.165) is 19.6 Å². The molecule has 1 saturated heterocycles. The Bertz CT molecular complexity index is 356. The van der Waals surface area contributed by atoms with E-state index in [1.54, 1.807) is 0 Å². The Morgan fingerprint density at radius 3 is 2.81 bits per heavy atom. The molecule has 2 unspecified atom stereocenters. The molecule has 0 spiro atoms. The summed E-state index contributed by atoms with van der Waals surface area (Å²) < 4.78 is 5.51. The molecule has 0 saturated carbocycles. The van der Waals surface area contributed by atoms with Gasteiger partial charge in [-0.15, -0.1) is 0 Å². The van der Waals surface area contributed by atoms with E-state index in [1.165, 1.54) is 23.1 Å². The predicted molar refractivity (Wildman–Crippen MR) is 66.4 cm³/mol. The number of aryl methyl sites for hydroxylation is 2. The maximum absolute atomic E-state index is 6.34. The molecule has 0 aliphatic carbocycles. The summed E-state index contributed by atoms with van der Waals surface area (Å²) in [6, 6.07) is 6.65. The highest BCUT2D eigenvalue weighted by molar-refractivity contribution is 5.33. The Morgan fingerprint density at radius 1 is 1.38 bits per heavy atom. The second kappa shape index (κ2) is 4.98. The van der Waals surface area contributed by atoms with Crippen LogP contribution in [0.25, 0.3) is 0 Å². The summed E-state index contributed by atoms with van der Waals surface area (Å²) in [4.78, 5) is 0. The van der Waals surface area contributed by atoms with Crippen molar-refractivity contribution in [2.45, 2.75) is 32.7 Å². The molecular weight excluding hydrogens is 198 g/mol. The Labute approximate surface area is 97.8 Å². The van der Waals surface area contributed by atoms with Crippen LogP contribution in [0.2, 0.25) is 0 Å². The van der Waals surface area contributed by atoms with E-state index in [1.807, 2.05) is 0 Å². The van der Waals surface area contributed by atoms with Crippen LogP contribution in [-0.4, -0.2) is 13.2 Å². The first-order valence-corrected chi connectivity index (χ1v) is 6.09. The second-order valence-corrected chi connectivity index (χ2v) is 4.86. The fourth-order valence-electron chi connectivity index (χ4n) is 2.50. The van der Waals surface area contributed by atoms with Crippen molar-refractivity contribution in [3.63, 3.8) is 0 Å². The van der Waals surface area contributed by atoms with Crippen molar-refractivity contribution >= 4 is 0 Å². The molecule has 2 atom stereocenters. The predicted octanol–water partition coefficient (Wildman–Crippen LogP) is 2.73. The van der Waals surface area contributed by atoms with Crippen molar-refractivity contribution < 1.29 is 4.74 Å². The van der Waals surface area contributed by atoms with Gasteiger partial charge in [0.05, 0.1) is 6.61 Å². The number of ether oxygens (including phenoxy) is 1. The Kier molecular flexibility index (Phi) is 3.62. The molecule has 1 heterocycles. The van der Waals surface area contributed by atoms with E-state index in [-0.39, 0.29) is 6.04 Å². The molecule has 1 fully saturated rings. The minimum atomic E-state index is 0.126. The van der Waals surface area contributed by atoms with Gasteiger partial charge in [0.2, 0.25) is 0 Å². The lowest BCUT2D eigenvalue weighted by molar-refractivity contribution is 0.0447. The molecular formula is C14H21NO. The van der Waals surface area contributed by atoms with Crippen LogP contribution in [0.5, 0.6) is 0 Å². The van der Waals surface area contributed by atoms with Crippen LogP contribution in [-0.2, 0) is 4.74 Å². The van der Waals surface area contributed by atoms with Crippen LogP contribution >= 0.6 is 0 Å². The van der Waals surface area contributed by atoms with Gasteiger partial charge in [0.1, 0.15) is 0 Å². The molecule has 1 aromatic rings. The topological polar surface area (TPSA) is 35.2 Å². The minimum absolute atomic E-state index is 0.126. The molecule has 1 aromatic carbocycles. The quantitative estimate of drug-likeness (QED) is 0.830. The summed E-state index contributed by atoms with van der Waals surface area (Å²) in [5.41, 5.74) is 10.2. The van der Waals surface area contributed by atoms with E-state index in [2.05, 4.69) is 32.0 Å². The average molecular weight is 219 g/mol. The van der Waals surface area contributed by atoms with E-state index in [0.29, 0.717) is 5.92 Å². The normalized spacial score (nSPS) is 23.1. The van der Waals surface area contributed by atoms with Gasteiger partial charge in [0, 0.05) is 18.6 Å². The first-order valence-electron chi connectivity index (χ1n) is 6.09. The van der Waals surface area contributed by atoms with Crippen molar-refractivity contribution in [3.05, 3.63) is 34.9 Å². The molecule has 1 aliphatic rings. The van der Waals surface area contributed by atoms with Crippen molar-refractivity contribution in [1.82, 2.24) is 0 Å². The average Bonchev–Trinajstić information content (AvgIpc) is 2.29. The van der Waals surface area contributed by atoms with E-state index >= 15 is 0 Å². The van der Waals surface area contributed by atoms with Crippen molar-refractivity contribution in [2.24, 2.45) is 11.7 Å². The fourth-order valence-corrected chi connectivity index (χ4v) is 2.50. The highest BCUT2D eigenvalue weighted by Gasteiger charge is 2.23. The molecule has 0 radical (unpaired) electrons. The molecule has 2 N–H and O–H groups in total. The van der Waals surface area contributed by atoms with Gasteiger partial charge in [-0.25, -0.2) is 0 Å². The van der Waals surface area contributed by atoms with Crippen LogP contribution in [0.3, 0.4) is 0 Å².